The molecule has 4 N–H and O–H groups in total. The van der Waals surface area contributed by atoms with E-state index in [0.717, 1.165) is 10.3 Å². The van der Waals surface area contributed by atoms with Crippen LogP contribution in [0.25, 0.3) is 0 Å². The molecular weight excluding hydrogens is 296 g/mol. The van der Waals surface area contributed by atoms with Crippen molar-refractivity contribution in [3.63, 3.8) is 0 Å². The van der Waals surface area contributed by atoms with E-state index in [9.17, 15) is 4.79 Å². The molecule has 1 heterocycles. The molecule has 18 heavy (non-hydrogen) atoms. The first-order chi connectivity index (χ1) is 8.66. The molecular formula is C12H13BrN4O. The number of halogens is 1. The minimum Gasteiger partial charge on any atom is -0.398 e. The maximum Gasteiger partial charge on any atom is 0.251 e. The first-order valence-corrected chi connectivity index (χ1v) is 6.27. The zero-order valence-electron chi connectivity index (χ0n) is 9.61. The number of hydrogen-bond acceptors (Lipinski definition) is 3. The van der Waals surface area contributed by atoms with E-state index >= 15 is 0 Å². The highest BCUT2D eigenvalue weighted by atomic mass is 79.9. The van der Waals surface area contributed by atoms with Crippen LogP contribution in [-0.4, -0.2) is 22.4 Å². The van der Waals surface area contributed by atoms with Crippen molar-refractivity contribution in [3.8, 4) is 0 Å². The molecule has 0 saturated heterocycles. The van der Waals surface area contributed by atoms with Crippen molar-refractivity contribution in [3.05, 3.63) is 46.5 Å². The van der Waals surface area contributed by atoms with Crippen molar-refractivity contribution in [2.45, 2.75) is 6.42 Å². The number of benzene rings is 1. The quantitative estimate of drug-likeness (QED) is 0.752. The second kappa shape index (κ2) is 5.68. The molecule has 2 rings (SSSR count). The fraction of sp³-hybridized carbons (Fsp3) is 0.167. The highest BCUT2D eigenvalue weighted by Gasteiger charge is 2.07. The Morgan fingerprint density at radius 2 is 2.33 bits per heavy atom. The van der Waals surface area contributed by atoms with Crippen LogP contribution in [0.3, 0.4) is 0 Å². The lowest BCUT2D eigenvalue weighted by atomic mass is 10.2. The topological polar surface area (TPSA) is 83.8 Å². The molecule has 0 bridgehead atoms. The van der Waals surface area contributed by atoms with E-state index < -0.39 is 0 Å². The summed E-state index contributed by atoms with van der Waals surface area (Å²) in [7, 11) is 0. The first-order valence-electron chi connectivity index (χ1n) is 5.48. The third-order valence-electron chi connectivity index (χ3n) is 2.46. The number of amides is 1. The molecule has 0 atom stereocenters. The second-order valence-corrected chi connectivity index (χ2v) is 4.63. The smallest absolute Gasteiger partial charge is 0.251 e. The van der Waals surface area contributed by atoms with Crippen LogP contribution in [-0.2, 0) is 6.42 Å². The predicted molar refractivity (Wildman–Crippen MR) is 73.2 cm³/mol. The van der Waals surface area contributed by atoms with Gasteiger partial charge in [0.1, 0.15) is 5.82 Å². The van der Waals surface area contributed by atoms with Crippen LogP contribution in [0.5, 0.6) is 0 Å². The Morgan fingerprint density at radius 3 is 3.00 bits per heavy atom. The highest BCUT2D eigenvalue weighted by Crippen LogP contribution is 2.20. The van der Waals surface area contributed by atoms with E-state index in [1.165, 1.54) is 0 Å². The van der Waals surface area contributed by atoms with Crippen molar-refractivity contribution in [1.29, 1.82) is 0 Å². The number of rotatable bonds is 4. The minimum atomic E-state index is -0.123. The van der Waals surface area contributed by atoms with Gasteiger partial charge in [-0.25, -0.2) is 4.98 Å². The van der Waals surface area contributed by atoms with Crippen molar-refractivity contribution in [2.24, 2.45) is 0 Å². The fourth-order valence-electron chi connectivity index (χ4n) is 1.50. The average Bonchev–Trinajstić information content (AvgIpc) is 2.85. The Labute approximate surface area is 113 Å². The van der Waals surface area contributed by atoms with Gasteiger partial charge in [0.2, 0.25) is 0 Å². The number of carbonyl (C=O) groups is 1. The SMILES string of the molecule is Nc1ccc(C(=O)NCCc2ncc[nH]2)cc1Br. The maximum atomic E-state index is 11.8. The third-order valence-corrected chi connectivity index (χ3v) is 3.15. The zero-order chi connectivity index (χ0) is 13.0. The molecule has 0 radical (unpaired) electrons. The van der Waals surface area contributed by atoms with Crippen molar-refractivity contribution in [2.75, 3.05) is 12.3 Å². The van der Waals surface area contributed by atoms with Gasteiger partial charge in [0.25, 0.3) is 5.91 Å². The number of aromatic nitrogens is 2. The number of H-pyrrole nitrogens is 1. The second-order valence-electron chi connectivity index (χ2n) is 3.78. The van der Waals surface area contributed by atoms with Crippen LogP contribution in [0.2, 0.25) is 0 Å². The molecule has 94 valence electrons. The fourth-order valence-corrected chi connectivity index (χ4v) is 1.88. The Kier molecular flexibility index (Phi) is 3.99. The number of carbonyl (C=O) groups excluding carboxylic acids is 1. The Hall–Kier alpha value is -1.82. The number of nitrogens with one attached hydrogen (secondary N) is 2. The number of hydrogen-bond donors (Lipinski definition) is 3. The number of imidazole rings is 1. The van der Waals surface area contributed by atoms with Crippen LogP contribution in [0, 0.1) is 0 Å². The summed E-state index contributed by atoms with van der Waals surface area (Å²) < 4.78 is 0.723. The van der Waals surface area contributed by atoms with Crippen LogP contribution in [0.4, 0.5) is 5.69 Å². The van der Waals surface area contributed by atoms with Gasteiger partial charge in [0, 0.05) is 41.1 Å². The molecule has 0 fully saturated rings. The molecule has 6 heteroatoms. The Bertz CT molecular complexity index is 539. The van der Waals surface area contributed by atoms with Gasteiger partial charge in [0.15, 0.2) is 0 Å². The Morgan fingerprint density at radius 1 is 1.50 bits per heavy atom. The van der Waals surface area contributed by atoms with Gasteiger partial charge in [-0.1, -0.05) is 0 Å². The summed E-state index contributed by atoms with van der Waals surface area (Å²) in [5.74, 6) is 0.732. The molecule has 0 spiro atoms. The molecule has 0 saturated carbocycles. The van der Waals surface area contributed by atoms with E-state index in [0.29, 0.717) is 24.2 Å². The van der Waals surface area contributed by atoms with E-state index in [4.69, 9.17) is 5.73 Å². The predicted octanol–water partition coefficient (Wildman–Crippen LogP) is 1.73. The van der Waals surface area contributed by atoms with Crippen molar-refractivity contribution in [1.82, 2.24) is 15.3 Å². The highest BCUT2D eigenvalue weighted by molar-refractivity contribution is 9.10. The lowest BCUT2D eigenvalue weighted by Gasteiger charge is -2.05. The van der Waals surface area contributed by atoms with Gasteiger partial charge in [0.05, 0.1) is 0 Å². The summed E-state index contributed by atoms with van der Waals surface area (Å²) in [5.41, 5.74) is 6.85. The standard InChI is InChI=1S/C12H13BrN4O/c13-9-7-8(1-2-10(9)14)12(18)17-4-3-11-15-5-6-16-11/h1-2,5-7H,3-4,14H2,(H,15,16)(H,17,18). The van der Waals surface area contributed by atoms with Crippen LogP contribution in [0.15, 0.2) is 35.1 Å². The molecule has 1 aromatic carbocycles. The van der Waals surface area contributed by atoms with Crippen LogP contribution >= 0.6 is 15.9 Å². The van der Waals surface area contributed by atoms with Crippen molar-refractivity contribution >= 4 is 27.5 Å². The molecule has 1 amide bonds. The van der Waals surface area contributed by atoms with Gasteiger partial charge in [-0.3, -0.25) is 4.79 Å². The van der Waals surface area contributed by atoms with Gasteiger partial charge < -0.3 is 16.0 Å². The van der Waals surface area contributed by atoms with E-state index in [2.05, 4.69) is 31.2 Å². The summed E-state index contributed by atoms with van der Waals surface area (Å²) in [6.07, 6.45) is 4.12. The largest absolute Gasteiger partial charge is 0.398 e. The number of nitrogens with two attached hydrogens (primary N) is 1. The lowest BCUT2D eigenvalue weighted by molar-refractivity contribution is 0.0954. The number of anilines is 1. The van der Waals surface area contributed by atoms with E-state index in [1.807, 2.05) is 0 Å². The molecule has 0 aliphatic heterocycles. The number of nitrogen functional groups attached to an aromatic ring is 1. The summed E-state index contributed by atoms with van der Waals surface area (Å²) in [4.78, 5) is 18.9. The van der Waals surface area contributed by atoms with Gasteiger partial charge in [-0.05, 0) is 34.1 Å². The van der Waals surface area contributed by atoms with Gasteiger partial charge in [-0.15, -0.1) is 0 Å². The molecule has 0 aliphatic carbocycles. The summed E-state index contributed by atoms with van der Waals surface area (Å²) >= 11 is 3.29. The third kappa shape index (κ3) is 3.10. The number of nitrogens with zero attached hydrogens (tertiary/aromatic N) is 1. The summed E-state index contributed by atoms with van der Waals surface area (Å²) in [5, 5.41) is 2.82. The van der Waals surface area contributed by atoms with E-state index in [-0.39, 0.29) is 5.91 Å². The minimum absolute atomic E-state index is 0.123. The summed E-state index contributed by atoms with van der Waals surface area (Å²) in [6, 6.07) is 5.10. The first kappa shape index (κ1) is 12.6. The van der Waals surface area contributed by atoms with Crippen molar-refractivity contribution < 1.29 is 4.79 Å². The maximum absolute atomic E-state index is 11.8. The van der Waals surface area contributed by atoms with Gasteiger partial charge >= 0.3 is 0 Å². The zero-order valence-corrected chi connectivity index (χ0v) is 11.2. The van der Waals surface area contributed by atoms with Gasteiger partial charge in [-0.2, -0.15) is 0 Å². The number of aromatic amines is 1. The molecule has 5 nitrogen and oxygen atoms in total. The lowest BCUT2D eigenvalue weighted by Crippen LogP contribution is -2.25. The normalized spacial score (nSPS) is 10.3. The molecule has 2 aromatic rings. The van der Waals surface area contributed by atoms with Crippen LogP contribution < -0.4 is 11.1 Å². The van der Waals surface area contributed by atoms with Crippen LogP contribution in [0.1, 0.15) is 16.2 Å². The monoisotopic (exact) mass is 308 g/mol. The molecule has 0 unspecified atom stereocenters. The molecule has 1 aromatic heterocycles. The molecule has 0 aliphatic rings. The van der Waals surface area contributed by atoms with E-state index in [1.54, 1.807) is 30.6 Å². The Balaban J connectivity index is 1.89. The average molecular weight is 309 g/mol. The summed E-state index contributed by atoms with van der Waals surface area (Å²) in [6.45, 7) is 0.536.